The van der Waals surface area contributed by atoms with Gasteiger partial charge in [-0.05, 0) is 46.0 Å². The molecule has 0 spiro atoms. The Morgan fingerprint density at radius 3 is 2.40 bits per heavy atom. The van der Waals surface area contributed by atoms with Gasteiger partial charge in [-0.1, -0.05) is 42.5 Å². The van der Waals surface area contributed by atoms with Gasteiger partial charge in [-0.25, -0.2) is 0 Å². The minimum absolute atomic E-state index is 0.0778. The molecule has 6 heteroatoms. The molecule has 30 heavy (non-hydrogen) atoms. The third-order valence-corrected chi connectivity index (χ3v) is 4.98. The van der Waals surface area contributed by atoms with Crippen LogP contribution >= 0.6 is 0 Å². The van der Waals surface area contributed by atoms with E-state index in [0.29, 0.717) is 26.4 Å². The standard InChI is InChI=1S/C24H22N2O4/c25-11-12-29-13-14-30-24-8-4-1-5-17(24)15-22-20-7-3-2-6-19(20)21-10-9-18(26(27)28)16-23(21)22/h1-10,15-16H,11-14,25H2/b22-15+. The molecule has 0 radical (unpaired) electrons. The lowest BCUT2D eigenvalue weighted by atomic mass is 10.0. The molecule has 2 N–H and O–H groups in total. The van der Waals surface area contributed by atoms with Crippen molar-refractivity contribution in [3.8, 4) is 16.9 Å². The van der Waals surface area contributed by atoms with Crippen LogP contribution in [0.3, 0.4) is 0 Å². The van der Waals surface area contributed by atoms with Gasteiger partial charge in [-0.15, -0.1) is 0 Å². The van der Waals surface area contributed by atoms with E-state index in [4.69, 9.17) is 15.2 Å². The monoisotopic (exact) mass is 402 g/mol. The highest BCUT2D eigenvalue weighted by atomic mass is 16.6. The summed E-state index contributed by atoms with van der Waals surface area (Å²) in [5.74, 6) is 0.734. The predicted octanol–water partition coefficient (Wildman–Crippen LogP) is 4.52. The molecule has 0 amide bonds. The van der Waals surface area contributed by atoms with Crippen molar-refractivity contribution in [1.82, 2.24) is 0 Å². The third-order valence-electron chi connectivity index (χ3n) is 4.98. The lowest BCUT2D eigenvalue weighted by Crippen LogP contribution is -2.13. The SMILES string of the molecule is NCCOCCOc1ccccc1/C=C1\c2ccccc2-c2ccc([N+](=O)[O-])cc21. The van der Waals surface area contributed by atoms with Gasteiger partial charge >= 0.3 is 0 Å². The molecule has 152 valence electrons. The molecular formula is C24H22N2O4. The molecular weight excluding hydrogens is 380 g/mol. The average molecular weight is 402 g/mol. The van der Waals surface area contributed by atoms with Gasteiger partial charge in [0.25, 0.3) is 5.69 Å². The molecule has 3 aromatic rings. The number of nitrogens with two attached hydrogens (primary N) is 1. The Hall–Kier alpha value is -3.48. The summed E-state index contributed by atoms with van der Waals surface area (Å²) in [7, 11) is 0. The van der Waals surface area contributed by atoms with Gasteiger partial charge in [0, 0.05) is 24.2 Å². The first-order valence-corrected chi connectivity index (χ1v) is 9.79. The first-order valence-electron chi connectivity index (χ1n) is 9.79. The van der Waals surface area contributed by atoms with E-state index >= 15 is 0 Å². The number of hydrogen-bond donors (Lipinski definition) is 1. The second-order valence-electron chi connectivity index (χ2n) is 6.88. The van der Waals surface area contributed by atoms with Crippen LogP contribution in [0.1, 0.15) is 16.7 Å². The Balaban J connectivity index is 1.72. The Morgan fingerprint density at radius 1 is 0.867 bits per heavy atom. The Kier molecular flexibility index (Phi) is 5.88. The van der Waals surface area contributed by atoms with Crippen molar-refractivity contribution in [2.45, 2.75) is 0 Å². The molecule has 0 aromatic heterocycles. The molecule has 0 bridgehead atoms. The van der Waals surface area contributed by atoms with Crippen molar-refractivity contribution >= 4 is 17.3 Å². The second-order valence-corrected chi connectivity index (χ2v) is 6.88. The van der Waals surface area contributed by atoms with Gasteiger partial charge in [-0.3, -0.25) is 10.1 Å². The molecule has 0 atom stereocenters. The van der Waals surface area contributed by atoms with Crippen molar-refractivity contribution in [3.63, 3.8) is 0 Å². The Labute approximate surface area is 174 Å². The van der Waals surface area contributed by atoms with Crippen LogP contribution in [0.2, 0.25) is 0 Å². The quantitative estimate of drug-likeness (QED) is 0.266. The van der Waals surface area contributed by atoms with Crippen LogP contribution in [0.25, 0.3) is 22.8 Å². The van der Waals surface area contributed by atoms with E-state index in [1.165, 1.54) is 0 Å². The summed E-state index contributed by atoms with van der Waals surface area (Å²) in [6.45, 7) is 1.86. The molecule has 0 unspecified atom stereocenters. The molecule has 1 aliphatic carbocycles. The van der Waals surface area contributed by atoms with Gasteiger partial charge < -0.3 is 15.2 Å². The summed E-state index contributed by atoms with van der Waals surface area (Å²) in [5, 5.41) is 11.3. The third kappa shape index (κ3) is 3.96. The number of fused-ring (bicyclic) bond motifs is 3. The Bertz CT molecular complexity index is 1110. The predicted molar refractivity (Wildman–Crippen MR) is 117 cm³/mol. The maximum absolute atomic E-state index is 11.3. The van der Waals surface area contributed by atoms with Gasteiger partial charge in [0.15, 0.2) is 0 Å². The van der Waals surface area contributed by atoms with E-state index in [1.54, 1.807) is 12.1 Å². The van der Waals surface area contributed by atoms with E-state index in [-0.39, 0.29) is 10.6 Å². The normalized spacial score (nSPS) is 13.2. The summed E-state index contributed by atoms with van der Waals surface area (Å²) in [5.41, 5.74) is 11.3. The molecule has 0 aliphatic heterocycles. The van der Waals surface area contributed by atoms with Crippen LogP contribution in [0.4, 0.5) is 5.69 Å². The number of hydrogen-bond acceptors (Lipinski definition) is 5. The van der Waals surface area contributed by atoms with E-state index in [0.717, 1.165) is 39.1 Å². The van der Waals surface area contributed by atoms with Crippen molar-refractivity contribution < 1.29 is 14.4 Å². The van der Waals surface area contributed by atoms with E-state index in [2.05, 4.69) is 0 Å². The fourth-order valence-corrected chi connectivity index (χ4v) is 3.64. The maximum atomic E-state index is 11.3. The highest BCUT2D eigenvalue weighted by Crippen LogP contribution is 2.46. The molecule has 4 rings (SSSR count). The van der Waals surface area contributed by atoms with Crippen LogP contribution in [0.15, 0.2) is 66.7 Å². The smallest absolute Gasteiger partial charge is 0.270 e. The van der Waals surface area contributed by atoms with Crippen LogP contribution in [0.5, 0.6) is 5.75 Å². The number of non-ortho nitro benzene ring substituents is 1. The van der Waals surface area contributed by atoms with Crippen LogP contribution in [0, 0.1) is 10.1 Å². The maximum Gasteiger partial charge on any atom is 0.270 e. The first-order chi connectivity index (χ1) is 14.7. The van der Waals surface area contributed by atoms with Gasteiger partial charge in [0.2, 0.25) is 0 Å². The summed E-state index contributed by atoms with van der Waals surface area (Å²) in [4.78, 5) is 11.0. The fourth-order valence-electron chi connectivity index (χ4n) is 3.64. The highest BCUT2D eigenvalue weighted by molar-refractivity contribution is 6.07. The first kappa shape index (κ1) is 19.8. The summed E-state index contributed by atoms with van der Waals surface area (Å²) in [6.07, 6.45) is 2.03. The number of rotatable bonds is 8. The summed E-state index contributed by atoms with van der Waals surface area (Å²) >= 11 is 0. The van der Waals surface area contributed by atoms with Crippen molar-refractivity contribution in [2.24, 2.45) is 5.73 Å². The van der Waals surface area contributed by atoms with Gasteiger partial charge in [0.1, 0.15) is 12.4 Å². The largest absolute Gasteiger partial charge is 0.491 e. The zero-order valence-corrected chi connectivity index (χ0v) is 16.4. The van der Waals surface area contributed by atoms with Crippen molar-refractivity contribution in [3.05, 3.63) is 93.5 Å². The molecule has 0 heterocycles. The van der Waals surface area contributed by atoms with Crippen LogP contribution < -0.4 is 10.5 Å². The number of nitro groups is 1. The van der Waals surface area contributed by atoms with Crippen LogP contribution in [-0.2, 0) is 4.74 Å². The number of benzene rings is 3. The zero-order valence-electron chi connectivity index (χ0n) is 16.4. The minimum Gasteiger partial charge on any atom is -0.491 e. The van der Waals surface area contributed by atoms with E-state index in [9.17, 15) is 10.1 Å². The second kappa shape index (κ2) is 8.90. The van der Waals surface area contributed by atoms with Crippen molar-refractivity contribution in [2.75, 3.05) is 26.4 Å². The molecule has 1 aliphatic rings. The highest BCUT2D eigenvalue weighted by Gasteiger charge is 2.25. The zero-order chi connectivity index (χ0) is 20.9. The number of nitro benzene ring substituents is 1. The minimum atomic E-state index is -0.362. The molecule has 3 aromatic carbocycles. The summed E-state index contributed by atoms with van der Waals surface area (Å²) < 4.78 is 11.3. The lowest BCUT2D eigenvalue weighted by Gasteiger charge is -2.11. The number of ether oxygens (including phenoxy) is 2. The molecule has 6 nitrogen and oxygen atoms in total. The fraction of sp³-hybridized carbons (Fsp3) is 0.167. The van der Waals surface area contributed by atoms with Gasteiger partial charge in [-0.2, -0.15) is 0 Å². The summed E-state index contributed by atoms with van der Waals surface area (Å²) in [6, 6.07) is 20.8. The van der Waals surface area contributed by atoms with E-state index in [1.807, 2.05) is 60.7 Å². The van der Waals surface area contributed by atoms with Gasteiger partial charge in [0.05, 0.1) is 18.1 Å². The number of nitrogens with zero attached hydrogens (tertiary/aromatic N) is 1. The molecule has 0 saturated heterocycles. The van der Waals surface area contributed by atoms with E-state index < -0.39 is 0 Å². The number of para-hydroxylation sites is 1. The van der Waals surface area contributed by atoms with Crippen molar-refractivity contribution in [1.29, 1.82) is 0 Å². The topological polar surface area (TPSA) is 87.6 Å². The van der Waals surface area contributed by atoms with Crippen LogP contribution in [-0.4, -0.2) is 31.3 Å². The molecule has 0 fully saturated rings. The lowest BCUT2D eigenvalue weighted by molar-refractivity contribution is -0.384. The average Bonchev–Trinajstić information content (AvgIpc) is 3.08. The molecule has 0 saturated carbocycles. The Morgan fingerprint density at radius 2 is 1.60 bits per heavy atom.